The van der Waals surface area contributed by atoms with Crippen molar-refractivity contribution in [2.75, 3.05) is 6.61 Å². The number of nitrogens with one attached hydrogen (secondary N) is 1. The third-order valence-corrected chi connectivity index (χ3v) is 3.33. The Morgan fingerprint density at radius 2 is 2.50 bits per heavy atom. The van der Waals surface area contributed by atoms with Crippen LogP contribution in [0.25, 0.3) is 0 Å². The van der Waals surface area contributed by atoms with Gasteiger partial charge in [-0.1, -0.05) is 6.07 Å². The zero-order chi connectivity index (χ0) is 8.39. The average molecular weight is 183 g/mol. The van der Waals surface area contributed by atoms with Crippen molar-refractivity contribution in [3.05, 3.63) is 22.4 Å². The van der Waals surface area contributed by atoms with Crippen LogP contribution in [0.2, 0.25) is 0 Å². The minimum atomic E-state index is 0.266. The van der Waals surface area contributed by atoms with Crippen molar-refractivity contribution in [3.8, 4) is 0 Å². The summed E-state index contributed by atoms with van der Waals surface area (Å²) in [6.07, 6.45) is 2.25. The summed E-state index contributed by atoms with van der Waals surface area (Å²) in [7, 11) is 0. The van der Waals surface area contributed by atoms with E-state index in [1.165, 1.54) is 4.88 Å². The minimum Gasteiger partial charge on any atom is -0.395 e. The first-order valence-electron chi connectivity index (χ1n) is 4.30. The molecule has 12 heavy (non-hydrogen) atoms. The molecule has 2 nitrogen and oxygen atoms in total. The van der Waals surface area contributed by atoms with Crippen LogP contribution in [0.1, 0.15) is 23.8 Å². The van der Waals surface area contributed by atoms with Crippen LogP contribution < -0.4 is 5.32 Å². The van der Waals surface area contributed by atoms with Crippen molar-refractivity contribution in [1.82, 2.24) is 5.32 Å². The summed E-state index contributed by atoms with van der Waals surface area (Å²) < 4.78 is 0. The zero-order valence-electron chi connectivity index (χ0n) is 6.86. The van der Waals surface area contributed by atoms with Crippen LogP contribution in [0.4, 0.5) is 0 Å². The topological polar surface area (TPSA) is 32.3 Å². The van der Waals surface area contributed by atoms with Gasteiger partial charge in [0.25, 0.3) is 0 Å². The van der Waals surface area contributed by atoms with Crippen molar-refractivity contribution in [2.24, 2.45) is 0 Å². The quantitative estimate of drug-likeness (QED) is 0.729. The Labute approximate surface area is 76.2 Å². The molecule has 0 aromatic carbocycles. The van der Waals surface area contributed by atoms with Crippen LogP contribution in [0.15, 0.2) is 17.5 Å². The summed E-state index contributed by atoms with van der Waals surface area (Å²) in [6.45, 7) is 0.266. The maximum absolute atomic E-state index is 8.92. The molecule has 0 amide bonds. The second-order valence-corrected chi connectivity index (χ2v) is 4.17. The largest absolute Gasteiger partial charge is 0.395 e. The molecule has 1 aliphatic rings. The van der Waals surface area contributed by atoms with E-state index in [1.54, 1.807) is 11.3 Å². The van der Waals surface area contributed by atoms with E-state index in [1.807, 2.05) is 0 Å². The van der Waals surface area contributed by atoms with Gasteiger partial charge in [0.1, 0.15) is 0 Å². The van der Waals surface area contributed by atoms with Crippen LogP contribution >= 0.6 is 11.3 Å². The molecule has 2 heterocycles. The molecule has 0 radical (unpaired) electrons. The Bertz CT molecular complexity index is 235. The number of thiophene rings is 1. The predicted molar refractivity (Wildman–Crippen MR) is 50.3 cm³/mol. The lowest BCUT2D eigenvalue weighted by molar-refractivity contribution is 0.252. The van der Waals surface area contributed by atoms with Gasteiger partial charge in [-0.25, -0.2) is 0 Å². The van der Waals surface area contributed by atoms with Crippen molar-refractivity contribution in [1.29, 1.82) is 0 Å². The molecule has 1 aromatic rings. The molecule has 0 bridgehead atoms. The Kier molecular flexibility index (Phi) is 2.44. The number of aliphatic hydroxyl groups excluding tert-OH is 1. The summed E-state index contributed by atoms with van der Waals surface area (Å²) in [5, 5.41) is 14.4. The van der Waals surface area contributed by atoms with Gasteiger partial charge >= 0.3 is 0 Å². The van der Waals surface area contributed by atoms with Crippen LogP contribution in [0.3, 0.4) is 0 Å². The average Bonchev–Trinajstić information content (AvgIpc) is 2.75. The monoisotopic (exact) mass is 183 g/mol. The molecule has 2 unspecified atom stereocenters. The second kappa shape index (κ2) is 3.56. The zero-order valence-corrected chi connectivity index (χ0v) is 7.68. The standard InChI is InChI=1S/C9H13NOS/c11-6-7-3-4-8(10-7)9-2-1-5-12-9/h1-2,5,7-8,10-11H,3-4,6H2. The normalized spacial score (nSPS) is 29.4. The lowest BCUT2D eigenvalue weighted by atomic mass is 10.2. The van der Waals surface area contributed by atoms with Gasteiger partial charge in [-0.05, 0) is 24.3 Å². The summed E-state index contributed by atoms with van der Waals surface area (Å²) >= 11 is 1.79. The second-order valence-electron chi connectivity index (χ2n) is 3.19. The molecule has 2 rings (SSSR count). The van der Waals surface area contributed by atoms with E-state index in [0.717, 1.165) is 12.8 Å². The van der Waals surface area contributed by atoms with Crippen molar-refractivity contribution >= 4 is 11.3 Å². The van der Waals surface area contributed by atoms with Crippen molar-refractivity contribution < 1.29 is 5.11 Å². The van der Waals surface area contributed by atoms with E-state index in [0.29, 0.717) is 12.1 Å². The van der Waals surface area contributed by atoms with Gasteiger partial charge in [-0.2, -0.15) is 0 Å². The molecule has 2 atom stereocenters. The van der Waals surface area contributed by atoms with Crippen LogP contribution in [-0.2, 0) is 0 Å². The third kappa shape index (κ3) is 1.53. The summed E-state index contributed by atoms with van der Waals surface area (Å²) in [4.78, 5) is 1.39. The van der Waals surface area contributed by atoms with Crippen LogP contribution in [0.5, 0.6) is 0 Å². The van der Waals surface area contributed by atoms with Crippen LogP contribution in [-0.4, -0.2) is 17.8 Å². The minimum absolute atomic E-state index is 0.266. The van der Waals surface area contributed by atoms with E-state index in [9.17, 15) is 0 Å². The molecule has 66 valence electrons. The van der Waals surface area contributed by atoms with Gasteiger partial charge in [0.05, 0.1) is 6.61 Å². The van der Waals surface area contributed by atoms with Crippen molar-refractivity contribution in [3.63, 3.8) is 0 Å². The first kappa shape index (κ1) is 8.23. The van der Waals surface area contributed by atoms with Gasteiger partial charge in [-0.3, -0.25) is 0 Å². The molecule has 1 aromatic heterocycles. The smallest absolute Gasteiger partial charge is 0.0584 e. The fraction of sp³-hybridized carbons (Fsp3) is 0.556. The Morgan fingerprint density at radius 1 is 1.58 bits per heavy atom. The Hall–Kier alpha value is -0.380. The van der Waals surface area contributed by atoms with Crippen LogP contribution in [0, 0.1) is 0 Å². The predicted octanol–water partition coefficient (Wildman–Crippen LogP) is 1.53. The van der Waals surface area contributed by atoms with Gasteiger partial charge in [0, 0.05) is 17.0 Å². The number of aliphatic hydroxyl groups is 1. The van der Waals surface area contributed by atoms with E-state index in [-0.39, 0.29) is 6.61 Å². The molecule has 1 saturated heterocycles. The molecule has 3 heteroatoms. The SMILES string of the molecule is OCC1CCC(c2cccs2)N1. The highest BCUT2D eigenvalue weighted by Gasteiger charge is 2.24. The Balaban J connectivity index is 2.00. The summed E-state index contributed by atoms with van der Waals surface area (Å²) in [6, 6.07) is 5.04. The van der Waals surface area contributed by atoms with Crippen molar-refractivity contribution in [2.45, 2.75) is 24.9 Å². The maximum Gasteiger partial charge on any atom is 0.0584 e. The van der Waals surface area contributed by atoms with Gasteiger partial charge in [-0.15, -0.1) is 11.3 Å². The number of rotatable bonds is 2. The van der Waals surface area contributed by atoms with E-state index >= 15 is 0 Å². The molecular formula is C9H13NOS. The van der Waals surface area contributed by atoms with E-state index in [4.69, 9.17) is 5.11 Å². The molecule has 0 spiro atoms. The highest BCUT2D eigenvalue weighted by molar-refractivity contribution is 7.10. The number of hydrogen-bond donors (Lipinski definition) is 2. The van der Waals surface area contributed by atoms with Gasteiger partial charge < -0.3 is 10.4 Å². The first-order chi connectivity index (χ1) is 5.90. The highest BCUT2D eigenvalue weighted by atomic mass is 32.1. The van der Waals surface area contributed by atoms with Gasteiger partial charge in [0.2, 0.25) is 0 Å². The van der Waals surface area contributed by atoms with Gasteiger partial charge in [0.15, 0.2) is 0 Å². The Morgan fingerprint density at radius 3 is 3.08 bits per heavy atom. The van der Waals surface area contributed by atoms with E-state index in [2.05, 4.69) is 22.8 Å². The fourth-order valence-electron chi connectivity index (χ4n) is 1.68. The molecule has 2 N–H and O–H groups in total. The molecule has 1 aliphatic heterocycles. The molecule has 0 aliphatic carbocycles. The lowest BCUT2D eigenvalue weighted by Crippen LogP contribution is -2.26. The highest BCUT2D eigenvalue weighted by Crippen LogP contribution is 2.28. The molecular weight excluding hydrogens is 170 g/mol. The van der Waals surface area contributed by atoms with E-state index < -0.39 is 0 Å². The lowest BCUT2D eigenvalue weighted by Gasteiger charge is -2.09. The summed E-state index contributed by atoms with van der Waals surface area (Å²) in [5.74, 6) is 0. The fourth-order valence-corrected chi connectivity index (χ4v) is 2.50. The third-order valence-electron chi connectivity index (χ3n) is 2.35. The first-order valence-corrected chi connectivity index (χ1v) is 5.18. The molecule has 0 saturated carbocycles. The maximum atomic E-state index is 8.92. The number of hydrogen-bond acceptors (Lipinski definition) is 3. The summed E-state index contributed by atoms with van der Waals surface area (Å²) in [5.41, 5.74) is 0. The molecule has 1 fully saturated rings.